The molecule has 1 aliphatic heterocycles. The van der Waals surface area contributed by atoms with E-state index in [1.165, 1.54) is 17.7 Å². The molecule has 2 atom stereocenters. The van der Waals surface area contributed by atoms with Gasteiger partial charge in [0.2, 0.25) is 0 Å². The molecule has 2 aromatic carbocycles. The van der Waals surface area contributed by atoms with Crippen molar-refractivity contribution in [3.05, 3.63) is 84.3 Å². The van der Waals surface area contributed by atoms with E-state index in [2.05, 4.69) is 34.6 Å². The van der Waals surface area contributed by atoms with Crippen LogP contribution in [0.25, 0.3) is 11.1 Å². The van der Waals surface area contributed by atoms with E-state index in [1.54, 1.807) is 30.1 Å². The normalized spacial score (nSPS) is 18.2. The van der Waals surface area contributed by atoms with Gasteiger partial charge in [-0.05, 0) is 29.3 Å². The second-order valence-corrected chi connectivity index (χ2v) is 7.56. The minimum absolute atomic E-state index is 0.0641. The molecule has 27 heavy (non-hydrogen) atoms. The van der Waals surface area contributed by atoms with Gasteiger partial charge in [0.05, 0.1) is 18.0 Å². The summed E-state index contributed by atoms with van der Waals surface area (Å²) in [7, 11) is 0. The fraction of sp³-hybridized carbons (Fsp3) is 0.227. The van der Waals surface area contributed by atoms with Crippen LogP contribution < -0.4 is 5.32 Å². The van der Waals surface area contributed by atoms with Crippen molar-refractivity contribution in [2.24, 2.45) is 0 Å². The van der Waals surface area contributed by atoms with Crippen LogP contribution in [0.1, 0.15) is 10.8 Å². The number of aromatic nitrogens is 1. The molecule has 5 heteroatoms. The van der Waals surface area contributed by atoms with Gasteiger partial charge in [0.25, 0.3) is 0 Å². The number of hydrogen-bond acceptors (Lipinski definition) is 4. The lowest BCUT2D eigenvalue weighted by Crippen LogP contribution is -2.41. The molecule has 0 amide bonds. The number of hydrogen-bond donors (Lipinski definition) is 1. The predicted octanol–water partition coefficient (Wildman–Crippen LogP) is 4.71. The SMILES string of the molecule is Fc1ccc(-c2cccnc2S[C@@H](c2ccccc2)[C@@H]2CNCCO2)cc1. The molecule has 1 aliphatic rings. The number of thioether (sulfide) groups is 1. The van der Waals surface area contributed by atoms with E-state index in [4.69, 9.17) is 4.74 Å². The third-order valence-electron chi connectivity index (χ3n) is 4.59. The molecule has 0 saturated carbocycles. The lowest BCUT2D eigenvalue weighted by molar-refractivity contribution is 0.0273. The monoisotopic (exact) mass is 380 g/mol. The van der Waals surface area contributed by atoms with E-state index in [0.29, 0.717) is 6.61 Å². The molecule has 1 N–H and O–H groups in total. The van der Waals surface area contributed by atoms with E-state index in [0.717, 1.165) is 29.2 Å². The molecular formula is C22H21FN2OS. The summed E-state index contributed by atoms with van der Waals surface area (Å²) in [6.07, 6.45) is 1.87. The van der Waals surface area contributed by atoms with Gasteiger partial charge in [0.15, 0.2) is 0 Å². The summed E-state index contributed by atoms with van der Waals surface area (Å²) in [5.41, 5.74) is 3.18. The van der Waals surface area contributed by atoms with Gasteiger partial charge in [-0.15, -0.1) is 0 Å². The molecule has 0 aliphatic carbocycles. The summed E-state index contributed by atoms with van der Waals surface area (Å²) in [5, 5.41) is 4.46. The number of rotatable bonds is 5. The van der Waals surface area contributed by atoms with Gasteiger partial charge in [-0.1, -0.05) is 60.3 Å². The summed E-state index contributed by atoms with van der Waals surface area (Å²) in [6.45, 7) is 2.40. The highest BCUT2D eigenvalue weighted by atomic mass is 32.2. The molecular weight excluding hydrogens is 359 g/mol. The molecule has 2 heterocycles. The average molecular weight is 380 g/mol. The standard InChI is InChI=1S/C22H21FN2OS/c23-18-10-8-16(9-11-18)19-7-4-12-25-22(19)27-21(17-5-2-1-3-6-17)20-15-24-13-14-26-20/h1-12,20-21,24H,13-15H2/t20-,21-/m0/s1. The Balaban J connectivity index is 1.68. The molecule has 1 aromatic heterocycles. The smallest absolute Gasteiger partial charge is 0.123 e. The third kappa shape index (κ3) is 4.38. The van der Waals surface area contributed by atoms with E-state index >= 15 is 0 Å². The lowest BCUT2D eigenvalue weighted by Gasteiger charge is -2.31. The zero-order valence-corrected chi connectivity index (χ0v) is 15.7. The van der Waals surface area contributed by atoms with Crippen LogP contribution in [0.5, 0.6) is 0 Å². The Hall–Kier alpha value is -2.21. The van der Waals surface area contributed by atoms with Gasteiger partial charge in [-0.25, -0.2) is 9.37 Å². The van der Waals surface area contributed by atoms with Crippen molar-refractivity contribution in [2.75, 3.05) is 19.7 Å². The van der Waals surface area contributed by atoms with Crippen molar-refractivity contribution in [3.63, 3.8) is 0 Å². The summed E-state index contributed by atoms with van der Waals surface area (Å²) >= 11 is 1.70. The molecule has 1 saturated heterocycles. The van der Waals surface area contributed by atoms with Crippen molar-refractivity contribution >= 4 is 11.8 Å². The topological polar surface area (TPSA) is 34.2 Å². The van der Waals surface area contributed by atoms with Crippen LogP contribution in [0, 0.1) is 5.82 Å². The number of nitrogens with one attached hydrogen (secondary N) is 1. The molecule has 0 bridgehead atoms. The van der Waals surface area contributed by atoms with E-state index in [-0.39, 0.29) is 17.2 Å². The minimum Gasteiger partial charge on any atom is -0.374 e. The number of morpholine rings is 1. The Morgan fingerprint density at radius 2 is 1.85 bits per heavy atom. The first-order valence-electron chi connectivity index (χ1n) is 9.06. The molecule has 1 fully saturated rings. The largest absolute Gasteiger partial charge is 0.374 e. The summed E-state index contributed by atoms with van der Waals surface area (Å²) in [6, 6.07) is 20.9. The Kier molecular flexibility index (Phi) is 5.82. The first-order chi connectivity index (χ1) is 13.3. The lowest BCUT2D eigenvalue weighted by atomic mass is 10.1. The van der Waals surface area contributed by atoms with Gasteiger partial charge in [0, 0.05) is 24.8 Å². The molecule has 0 spiro atoms. The highest BCUT2D eigenvalue weighted by molar-refractivity contribution is 7.99. The maximum atomic E-state index is 13.3. The highest BCUT2D eigenvalue weighted by Crippen LogP contribution is 2.42. The van der Waals surface area contributed by atoms with Crippen LogP contribution in [0.3, 0.4) is 0 Å². The average Bonchev–Trinajstić information content (AvgIpc) is 2.74. The summed E-state index contributed by atoms with van der Waals surface area (Å²) in [5.74, 6) is -0.235. The fourth-order valence-corrected chi connectivity index (χ4v) is 4.53. The van der Waals surface area contributed by atoms with Crippen LogP contribution in [-0.4, -0.2) is 30.8 Å². The summed E-state index contributed by atoms with van der Waals surface area (Å²) < 4.78 is 19.4. The molecule has 0 unspecified atom stereocenters. The third-order valence-corrected chi connectivity index (χ3v) is 5.97. The Bertz CT molecular complexity index is 867. The van der Waals surface area contributed by atoms with Crippen molar-refractivity contribution in [1.82, 2.24) is 10.3 Å². The van der Waals surface area contributed by atoms with Gasteiger partial charge >= 0.3 is 0 Å². The van der Waals surface area contributed by atoms with Crippen molar-refractivity contribution in [3.8, 4) is 11.1 Å². The second-order valence-electron chi connectivity index (χ2n) is 6.43. The van der Waals surface area contributed by atoms with Gasteiger partial charge in [-0.3, -0.25) is 0 Å². The van der Waals surface area contributed by atoms with E-state index in [1.807, 2.05) is 18.2 Å². The maximum absolute atomic E-state index is 13.3. The number of pyridine rings is 1. The van der Waals surface area contributed by atoms with Crippen LogP contribution >= 0.6 is 11.8 Å². The number of nitrogens with zero attached hydrogens (tertiary/aromatic N) is 1. The summed E-state index contributed by atoms with van der Waals surface area (Å²) in [4.78, 5) is 4.63. The molecule has 4 rings (SSSR count). The molecule has 138 valence electrons. The number of halogens is 1. The Labute approximate surface area is 163 Å². The van der Waals surface area contributed by atoms with Crippen molar-refractivity contribution < 1.29 is 9.13 Å². The van der Waals surface area contributed by atoms with Crippen molar-refractivity contribution in [2.45, 2.75) is 16.4 Å². The Morgan fingerprint density at radius 3 is 2.59 bits per heavy atom. The first kappa shape index (κ1) is 18.2. The molecule has 3 nitrogen and oxygen atoms in total. The fourth-order valence-electron chi connectivity index (χ4n) is 3.24. The molecule has 3 aromatic rings. The van der Waals surface area contributed by atoms with E-state index in [9.17, 15) is 4.39 Å². The van der Waals surface area contributed by atoms with E-state index < -0.39 is 0 Å². The zero-order chi connectivity index (χ0) is 18.5. The quantitative estimate of drug-likeness (QED) is 0.650. The predicted molar refractivity (Wildman–Crippen MR) is 107 cm³/mol. The van der Waals surface area contributed by atoms with Crippen LogP contribution in [0.4, 0.5) is 4.39 Å². The number of ether oxygens (including phenoxy) is 1. The maximum Gasteiger partial charge on any atom is 0.123 e. The molecule has 0 radical (unpaired) electrons. The zero-order valence-electron chi connectivity index (χ0n) is 14.8. The van der Waals surface area contributed by atoms with Gasteiger partial charge < -0.3 is 10.1 Å². The van der Waals surface area contributed by atoms with Crippen LogP contribution in [0.15, 0.2) is 78.0 Å². The van der Waals surface area contributed by atoms with Crippen molar-refractivity contribution in [1.29, 1.82) is 0 Å². The van der Waals surface area contributed by atoms with Gasteiger partial charge in [-0.2, -0.15) is 0 Å². The second kappa shape index (κ2) is 8.65. The number of benzene rings is 2. The van der Waals surface area contributed by atoms with Crippen LogP contribution in [-0.2, 0) is 4.74 Å². The van der Waals surface area contributed by atoms with Gasteiger partial charge in [0.1, 0.15) is 10.8 Å². The highest BCUT2D eigenvalue weighted by Gasteiger charge is 2.28. The van der Waals surface area contributed by atoms with Crippen LogP contribution in [0.2, 0.25) is 0 Å². The first-order valence-corrected chi connectivity index (χ1v) is 9.94. The minimum atomic E-state index is -0.235. The Morgan fingerprint density at radius 1 is 1.04 bits per heavy atom.